The van der Waals surface area contributed by atoms with Gasteiger partial charge in [0.25, 0.3) is 0 Å². The standard InChI is InChI=1S/C13H10ClF2N/c1-7-12(14)3-2-11(13(7)17)8-4-9(15)6-10(16)5-8/h2-6H,17H2,1H3. The molecule has 0 heterocycles. The minimum absolute atomic E-state index is 0.403. The molecule has 0 aliphatic heterocycles. The third-order valence-electron chi connectivity index (χ3n) is 2.62. The summed E-state index contributed by atoms with van der Waals surface area (Å²) in [7, 11) is 0. The molecule has 0 saturated heterocycles. The molecule has 0 amide bonds. The quantitative estimate of drug-likeness (QED) is 0.758. The van der Waals surface area contributed by atoms with Crippen molar-refractivity contribution in [3.8, 4) is 11.1 Å². The minimum atomic E-state index is -0.632. The average molecular weight is 254 g/mol. The van der Waals surface area contributed by atoms with Crippen LogP contribution in [-0.4, -0.2) is 0 Å². The SMILES string of the molecule is Cc1c(Cl)ccc(-c2cc(F)cc(F)c2)c1N. The van der Waals surface area contributed by atoms with Crippen LogP contribution in [0.25, 0.3) is 11.1 Å². The van der Waals surface area contributed by atoms with Crippen LogP contribution in [0.2, 0.25) is 5.02 Å². The molecule has 0 radical (unpaired) electrons. The molecule has 2 aromatic rings. The molecule has 2 N–H and O–H groups in total. The lowest BCUT2D eigenvalue weighted by molar-refractivity contribution is 0.584. The number of halogens is 3. The van der Waals surface area contributed by atoms with E-state index >= 15 is 0 Å². The number of benzene rings is 2. The van der Waals surface area contributed by atoms with Gasteiger partial charge >= 0.3 is 0 Å². The van der Waals surface area contributed by atoms with E-state index in [2.05, 4.69) is 0 Å². The molecule has 0 saturated carbocycles. The molecule has 0 unspecified atom stereocenters. The van der Waals surface area contributed by atoms with E-state index in [-0.39, 0.29) is 0 Å². The van der Waals surface area contributed by atoms with Gasteiger partial charge < -0.3 is 5.73 Å². The summed E-state index contributed by atoms with van der Waals surface area (Å²) in [5.41, 5.74) is 8.00. The molecule has 0 aromatic heterocycles. The van der Waals surface area contributed by atoms with Crippen molar-refractivity contribution in [3.05, 3.63) is 52.6 Å². The average Bonchev–Trinajstić information content (AvgIpc) is 2.24. The van der Waals surface area contributed by atoms with E-state index < -0.39 is 11.6 Å². The van der Waals surface area contributed by atoms with Gasteiger partial charge in [0.15, 0.2) is 0 Å². The van der Waals surface area contributed by atoms with Crippen molar-refractivity contribution in [1.82, 2.24) is 0 Å². The smallest absolute Gasteiger partial charge is 0.126 e. The molecule has 88 valence electrons. The van der Waals surface area contributed by atoms with E-state index in [1.807, 2.05) is 0 Å². The second-order valence-corrected chi connectivity index (χ2v) is 4.20. The third kappa shape index (κ3) is 2.24. The van der Waals surface area contributed by atoms with Crippen LogP contribution in [0.4, 0.5) is 14.5 Å². The predicted molar refractivity (Wildman–Crippen MR) is 66.0 cm³/mol. The lowest BCUT2D eigenvalue weighted by Crippen LogP contribution is -1.95. The van der Waals surface area contributed by atoms with Crippen molar-refractivity contribution in [2.75, 3.05) is 5.73 Å². The Morgan fingerprint density at radius 1 is 1.06 bits per heavy atom. The summed E-state index contributed by atoms with van der Waals surface area (Å²) in [6.45, 7) is 1.76. The van der Waals surface area contributed by atoms with Crippen LogP contribution in [0.5, 0.6) is 0 Å². The maximum atomic E-state index is 13.1. The summed E-state index contributed by atoms with van der Waals surface area (Å²) in [5, 5.41) is 0.531. The summed E-state index contributed by atoms with van der Waals surface area (Å²) in [6.07, 6.45) is 0. The zero-order valence-corrected chi connectivity index (χ0v) is 9.85. The number of hydrogen-bond donors (Lipinski definition) is 1. The maximum Gasteiger partial charge on any atom is 0.126 e. The first-order valence-electron chi connectivity index (χ1n) is 5.00. The van der Waals surface area contributed by atoms with Gasteiger partial charge in [-0.15, -0.1) is 0 Å². The molecule has 0 spiro atoms. The van der Waals surface area contributed by atoms with Crippen molar-refractivity contribution < 1.29 is 8.78 Å². The normalized spacial score (nSPS) is 10.6. The minimum Gasteiger partial charge on any atom is -0.398 e. The Morgan fingerprint density at radius 3 is 2.24 bits per heavy atom. The predicted octanol–water partition coefficient (Wildman–Crippen LogP) is 4.18. The first-order valence-corrected chi connectivity index (χ1v) is 5.38. The van der Waals surface area contributed by atoms with Crippen LogP contribution in [0, 0.1) is 18.6 Å². The first-order chi connectivity index (χ1) is 7.99. The van der Waals surface area contributed by atoms with Crippen LogP contribution in [-0.2, 0) is 0 Å². The van der Waals surface area contributed by atoms with Gasteiger partial charge in [0.05, 0.1) is 0 Å². The fourth-order valence-corrected chi connectivity index (χ4v) is 1.83. The Balaban J connectivity index is 2.64. The van der Waals surface area contributed by atoms with Crippen molar-refractivity contribution in [1.29, 1.82) is 0 Å². The number of rotatable bonds is 1. The maximum absolute atomic E-state index is 13.1. The first kappa shape index (κ1) is 11.9. The molecule has 2 aromatic carbocycles. The highest BCUT2D eigenvalue weighted by molar-refractivity contribution is 6.31. The zero-order chi connectivity index (χ0) is 12.6. The van der Waals surface area contributed by atoms with E-state index in [0.29, 0.717) is 27.4 Å². The van der Waals surface area contributed by atoms with E-state index in [0.717, 1.165) is 6.07 Å². The molecular weight excluding hydrogens is 244 g/mol. The molecule has 4 heteroatoms. The molecule has 0 atom stereocenters. The van der Waals surface area contributed by atoms with Crippen LogP contribution in [0.1, 0.15) is 5.56 Å². The van der Waals surface area contributed by atoms with Crippen LogP contribution in [0.15, 0.2) is 30.3 Å². The summed E-state index contributed by atoms with van der Waals surface area (Å²) >= 11 is 5.91. The van der Waals surface area contributed by atoms with Gasteiger partial charge in [0, 0.05) is 22.3 Å². The van der Waals surface area contributed by atoms with E-state index in [4.69, 9.17) is 17.3 Å². The van der Waals surface area contributed by atoms with Gasteiger partial charge in [-0.25, -0.2) is 8.78 Å². The van der Waals surface area contributed by atoms with Crippen LogP contribution in [0.3, 0.4) is 0 Å². The Labute approximate surface area is 103 Å². The van der Waals surface area contributed by atoms with E-state index in [9.17, 15) is 8.78 Å². The lowest BCUT2D eigenvalue weighted by atomic mass is 10.0. The Hall–Kier alpha value is -1.61. The molecule has 0 aliphatic carbocycles. The van der Waals surface area contributed by atoms with Gasteiger partial charge in [-0.1, -0.05) is 17.7 Å². The van der Waals surface area contributed by atoms with Crippen molar-refractivity contribution in [2.45, 2.75) is 6.92 Å². The van der Waals surface area contributed by atoms with Crippen molar-refractivity contribution in [2.24, 2.45) is 0 Å². The molecule has 1 nitrogen and oxygen atoms in total. The van der Waals surface area contributed by atoms with Crippen molar-refractivity contribution in [3.63, 3.8) is 0 Å². The fraction of sp³-hybridized carbons (Fsp3) is 0.0769. The molecule has 0 bridgehead atoms. The Bertz CT molecular complexity index is 562. The summed E-state index contributed by atoms with van der Waals surface area (Å²) < 4.78 is 26.2. The fourth-order valence-electron chi connectivity index (χ4n) is 1.66. The molecule has 17 heavy (non-hydrogen) atoms. The van der Waals surface area contributed by atoms with Gasteiger partial charge in [-0.05, 0) is 36.2 Å². The third-order valence-corrected chi connectivity index (χ3v) is 3.03. The summed E-state index contributed by atoms with van der Waals surface area (Å²) in [5.74, 6) is -1.26. The Kier molecular flexibility index (Phi) is 3.03. The second kappa shape index (κ2) is 4.34. The molecule has 0 fully saturated rings. The molecular formula is C13H10ClF2N. The number of anilines is 1. The lowest BCUT2D eigenvalue weighted by Gasteiger charge is -2.10. The van der Waals surface area contributed by atoms with Crippen LogP contribution < -0.4 is 5.73 Å². The highest BCUT2D eigenvalue weighted by Gasteiger charge is 2.09. The second-order valence-electron chi connectivity index (χ2n) is 3.79. The Morgan fingerprint density at radius 2 is 1.65 bits per heavy atom. The van der Waals surface area contributed by atoms with Gasteiger partial charge in [-0.2, -0.15) is 0 Å². The number of nitrogens with two attached hydrogens (primary N) is 1. The summed E-state index contributed by atoms with van der Waals surface area (Å²) in [4.78, 5) is 0. The van der Waals surface area contributed by atoms with Gasteiger partial charge in [0.2, 0.25) is 0 Å². The zero-order valence-electron chi connectivity index (χ0n) is 9.10. The summed E-state index contributed by atoms with van der Waals surface area (Å²) in [6, 6.07) is 6.61. The molecule has 2 rings (SSSR count). The number of nitrogen functional groups attached to an aromatic ring is 1. The van der Waals surface area contributed by atoms with Crippen molar-refractivity contribution >= 4 is 17.3 Å². The van der Waals surface area contributed by atoms with E-state index in [1.54, 1.807) is 19.1 Å². The molecule has 0 aliphatic rings. The monoisotopic (exact) mass is 253 g/mol. The van der Waals surface area contributed by atoms with Gasteiger partial charge in [0.1, 0.15) is 11.6 Å². The van der Waals surface area contributed by atoms with Crippen LogP contribution >= 0.6 is 11.6 Å². The largest absolute Gasteiger partial charge is 0.398 e. The topological polar surface area (TPSA) is 26.0 Å². The van der Waals surface area contributed by atoms with Gasteiger partial charge in [-0.3, -0.25) is 0 Å². The highest BCUT2D eigenvalue weighted by Crippen LogP contribution is 2.33. The van der Waals surface area contributed by atoms with E-state index in [1.165, 1.54) is 12.1 Å². The highest BCUT2D eigenvalue weighted by atomic mass is 35.5. The number of hydrogen-bond acceptors (Lipinski definition) is 1.